The Hall–Kier alpha value is -1.70. The lowest BCUT2D eigenvalue weighted by Gasteiger charge is -2.20. The van der Waals surface area contributed by atoms with Gasteiger partial charge in [-0.15, -0.1) is 0 Å². The van der Waals surface area contributed by atoms with Gasteiger partial charge in [-0.25, -0.2) is 12.7 Å². The van der Waals surface area contributed by atoms with Crippen LogP contribution in [0.2, 0.25) is 0 Å². The summed E-state index contributed by atoms with van der Waals surface area (Å²) in [5.74, 6) is 0.141. The molecule has 3 rings (SSSR count). The second-order valence-electron chi connectivity index (χ2n) is 6.63. The topological polar surface area (TPSA) is 66.5 Å². The number of sulfonamides is 1. The number of rotatable bonds is 6. The Morgan fingerprint density at radius 1 is 1.15 bits per heavy atom. The molecule has 2 aromatic rings. The molecule has 1 fully saturated rings. The van der Waals surface area contributed by atoms with Gasteiger partial charge < -0.3 is 5.32 Å². The second-order valence-corrected chi connectivity index (χ2v) is 9.63. The lowest BCUT2D eigenvalue weighted by molar-refractivity contribution is 0.0930. The predicted octanol–water partition coefficient (Wildman–Crippen LogP) is 3.58. The van der Waals surface area contributed by atoms with Crippen molar-refractivity contribution in [3.8, 4) is 0 Å². The highest BCUT2D eigenvalue weighted by Gasteiger charge is 2.34. The standard InChI is InChI=1S/C19H21BrN2O3S/c1-22(2)26(24,25)15-10-11-17(20)16(12-15)19(23)21-18(14-8-9-14)13-6-4-3-5-7-13/h3-7,10-12,14,18H,8-9H2,1-2H3,(H,21,23)/t18-/m1/s1. The van der Waals surface area contributed by atoms with Crippen LogP contribution in [0, 0.1) is 5.92 Å². The number of carbonyl (C=O) groups is 1. The molecular weight excluding hydrogens is 416 g/mol. The Labute approximate surface area is 162 Å². The van der Waals surface area contributed by atoms with E-state index in [1.807, 2.05) is 30.3 Å². The first-order valence-corrected chi connectivity index (χ1v) is 10.6. The van der Waals surface area contributed by atoms with E-state index < -0.39 is 10.0 Å². The molecule has 0 spiro atoms. The molecule has 0 heterocycles. The fraction of sp³-hybridized carbons (Fsp3) is 0.316. The molecule has 2 aromatic carbocycles. The van der Waals surface area contributed by atoms with Gasteiger partial charge in [0.1, 0.15) is 0 Å². The molecule has 0 unspecified atom stereocenters. The van der Waals surface area contributed by atoms with Gasteiger partial charge in [-0.1, -0.05) is 30.3 Å². The largest absolute Gasteiger partial charge is 0.345 e. The summed E-state index contributed by atoms with van der Waals surface area (Å²) >= 11 is 3.36. The normalized spacial score (nSPS) is 15.7. The quantitative estimate of drug-likeness (QED) is 0.752. The minimum absolute atomic E-state index is 0.0651. The van der Waals surface area contributed by atoms with E-state index in [0.29, 0.717) is 16.0 Å². The van der Waals surface area contributed by atoms with Crippen LogP contribution in [0.1, 0.15) is 34.8 Å². The van der Waals surface area contributed by atoms with Gasteiger partial charge in [-0.05, 0) is 58.5 Å². The highest BCUT2D eigenvalue weighted by atomic mass is 79.9. The van der Waals surface area contributed by atoms with Crippen LogP contribution in [0.5, 0.6) is 0 Å². The van der Waals surface area contributed by atoms with E-state index >= 15 is 0 Å². The molecule has 0 aromatic heterocycles. The van der Waals surface area contributed by atoms with Crippen LogP contribution in [0.15, 0.2) is 57.9 Å². The first kappa shape index (κ1) is 19.1. The van der Waals surface area contributed by atoms with Gasteiger partial charge in [0.2, 0.25) is 10.0 Å². The zero-order valence-corrected chi connectivity index (χ0v) is 17.0. The SMILES string of the molecule is CN(C)S(=O)(=O)c1ccc(Br)c(C(=O)N[C@H](c2ccccc2)C2CC2)c1. The molecule has 1 amide bonds. The summed E-state index contributed by atoms with van der Waals surface area (Å²) < 4.78 is 26.4. The fourth-order valence-corrected chi connectivity index (χ4v) is 4.19. The van der Waals surface area contributed by atoms with E-state index in [1.54, 1.807) is 6.07 Å². The number of hydrogen-bond donors (Lipinski definition) is 1. The Morgan fingerprint density at radius 3 is 2.38 bits per heavy atom. The second kappa shape index (κ2) is 7.50. The number of nitrogens with zero attached hydrogens (tertiary/aromatic N) is 1. The molecule has 7 heteroatoms. The van der Waals surface area contributed by atoms with Crippen molar-refractivity contribution in [3.05, 3.63) is 64.1 Å². The zero-order valence-electron chi connectivity index (χ0n) is 14.6. The Balaban J connectivity index is 1.90. The van der Waals surface area contributed by atoms with Gasteiger partial charge in [-0.2, -0.15) is 0 Å². The van der Waals surface area contributed by atoms with Crippen LogP contribution in [-0.4, -0.2) is 32.7 Å². The van der Waals surface area contributed by atoms with Crippen molar-refractivity contribution in [3.63, 3.8) is 0 Å². The third-order valence-electron chi connectivity index (χ3n) is 4.50. The van der Waals surface area contributed by atoms with Crippen molar-refractivity contribution >= 4 is 31.9 Å². The molecule has 26 heavy (non-hydrogen) atoms. The van der Waals surface area contributed by atoms with E-state index in [1.165, 1.54) is 26.2 Å². The lowest BCUT2D eigenvalue weighted by Crippen LogP contribution is -2.30. The molecular formula is C19H21BrN2O3S. The van der Waals surface area contributed by atoms with Crippen LogP contribution in [0.4, 0.5) is 0 Å². The first-order valence-electron chi connectivity index (χ1n) is 8.38. The number of halogens is 1. The molecule has 0 radical (unpaired) electrons. The lowest BCUT2D eigenvalue weighted by atomic mass is 10.0. The summed E-state index contributed by atoms with van der Waals surface area (Å²) in [6.45, 7) is 0. The van der Waals surface area contributed by atoms with Gasteiger partial charge in [0.05, 0.1) is 16.5 Å². The minimum Gasteiger partial charge on any atom is -0.345 e. The first-order chi connectivity index (χ1) is 12.3. The molecule has 0 saturated heterocycles. The van der Waals surface area contributed by atoms with Crippen LogP contribution in [0.25, 0.3) is 0 Å². The van der Waals surface area contributed by atoms with Crippen LogP contribution < -0.4 is 5.32 Å². The van der Waals surface area contributed by atoms with Gasteiger partial charge in [0, 0.05) is 18.6 Å². The van der Waals surface area contributed by atoms with Gasteiger partial charge in [0.25, 0.3) is 5.91 Å². The smallest absolute Gasteiger partial charge is 0.252 e. The van der Waals surface area contributed by atoms with E-state index in [9.17, 15) is 13.2 Å². The van der Waals surface area contributed by atoms with E-state index in [4.69, 9.17) is 0 Å². The van der Waals surface area contributed by atoms with Crippen LogP contribution in [-0.2, 0) is 10.0 Å². The summed E-state index contributed by atoms with van der Waals surface area (Å²) in [5.41, 5.74) is 1.38. The third-order valence-corrected chi connectivity index (χ3v) is 7.00. The van der Waals surface area contributed by atoms with Gasteiger partial charge in [-0.3, -0.25) is 4.79 Å². The number of amides is 1. The number of benzene rings is 2. The third kappa shape index (κ3) is 4.00. The monoisotopic (exact) mass is 436 g/mol. The summed E-state index contributed by atoms with van der Waals surface area (Å²) in [5, 5.41) is 3.08. The fourth-order valence-electron chi connectivity index (χ4n) is 2.83. The summed E-state index contributed by atoms with van der Waals surface area (Å²) in [6.07, 6.45) is 2.16. The van der Waals surface area contributed by atoms with Crippen LogP contribution in [0.3, 0.4) is 0 Å². The van der Waals surface area contributed by atoms with Crippen molar-refractivity contribution in [2.75, 3.05) is 14.1 Å². The molecule has 1 aliphatic carbocycles. The Kier molecular flexibility index (Phi) is 5.50. The molecule has 1 N–H and O–H groups in total. The number of nitrogens with one attached hydrogen (secondary N) is 1. The number of carbonyl (C=O) groups excluding carboxylic acids is 1. The summed E-state index contributed by atoms with van der Waals surface area (Å²) in [7, 11) is -0.666. The van der Waals surface area contributed by atoms with Crippen molar-refractivity contribution in [2.45, 2.75) is 23.8 Å². The van der Waals surface area contributed by atoms with Crippen molar-refractivity contribution in [2.24, 2.45) is 5.92 Å². The average molecular weight is 437 g/mol. The van der Waals surface area contributed by atoms with E-state index in [-0.39, 0.29) is 16.8 Å². The van der Waals surface area contributed by atoms with Gasteiger partial charge in [0.15, 0.2) is 0 Å². The van der Waals surface area contributed by atoms with Crippen molar-refractivity contribution in [1.82, 2.24) is 9.62 Å². The maximum atomic E-state index is 12.9. The van der Waals surface area contributed by atoms with E-state index in [0.717, 1.165) is 22.7 Å². The van der Waals surface area contributed by atoms with Crippen molar-refractivity contribution in [1.29, 1.82) is 0 Å². The maximum Gasteiger partial charge on any atom is 0.252 e. The Morgan fingerprint density at radius 2 is 1.81 bits per heavy atom. The Bertz CT molecular complexity index is 910. The van der Waals surface area contributed by atoms with Crippen LogP contribution >= 0.6 is 15.9 Å². The predicted molar refractivity (Wildman–Crippen MR) is 104 cm³/mol. The average Bonchev–Trinajstić information content (AvgIpc) is 3.45. The number of hydrogen-bond acceptors (Lipinski definition) is 3. The maximum absolute atomic E-state index is 12.9. The highest BCUT2D eigenvalue weighted by molar-refractivity contribution is 9.10. The summed E-state index contributed by atoms with van der Waals surface area (Å²) in [6, 6.07) is 14.3. The highest BCUT2D eigenvalue weighted by Crippen LogP contribution is 2.41. The molecule has 138 valence electrons. The molecule has 0 bridgehead atoms. The van der Waals surface area contributed by atoms with Gasteiger partial charge >= 0.3 is 0 Å². The molecule has 1 atom stereocenters. The van der Waals surface area contributed by atoms with Crippen molar-refractivity contribution < 1.29 is 13.2 Å². The zero-order chi connectivity index (χ0) is 18.9. The van der Waals surface area contributed by atoms with E-state index in [2.05, 4.69) is 21.2 Å². The molecule has 1 aliphatic rings. The molecule has 0 aliphatic heterocycles. The molecule has 5 nitrogen and oxygen atoms in total. The minimum atomic E-state index is -3.60. The summed E-state index contributed by atoms with van der Waals surface area (Å²) in [4.78, 5) is 13.0. The molecule has 1 saturated carbocycles.